The third-order valence-corrected chi connectivity index (χ3v) is 0.805. The van der Waals surface area contributed by atoms with E-state index in [1.54, 1.807) is 5.48 Å². The van der Waals surface area contributed by atoms with E-state index in [0.717, 1.165) is 6.42 Å². The summed E-state index contributed by atoms with van der Waals surface area (Å²) in [7, 11) is 0. The number of hydrogen-bond acceptors (Lipinski definition) is 3. The van der Waals surface area contributed by atoms with Crippen molar-refractivity contribution >= 4 is 5.78 Å². The molecule has 48 valence electrons. The highest BCUT2D eigenvalue weighted by molar-refractivity contribution is 5.80. The average molecular weight is 117 g/mol. The summed E-state index contributed by atoms with van der Waals surface area (Å²) < 4.78 is 0. The number of carbonyl (C=O) groups excluding carboxylic acids is 1. The molecule has 0 aliphatic rings. The molecule has 3 nitrogen and oxygen atoms in total. The molecule has 0 rings (SSSR count). The summed E-state index contributed by atoms with van der Waals surface area (Å²) in [6.45, 7) is 2.00. The second kappa shape index (κ2) is 4.74. The second-order valence-electron chi connectivity index (χ2n) is 1.62. The minimum atomic E-state index is 0.0509. The van der Waals surface area contributed by atoms with Crippen LogP contribution in [0, 0.1) is 0 Å². The Labute approximate surface area is 48.7 Å². The largest absolute Gasteiger partial charge is 0.316 e. The molecule has 3 heteroatoms. The van der Waals surface area contributed by atoms with Crippen LogP contribution in [-0.2, 0) is 4.79 Å². The highest BCUT2D eigenvalue weighted by Gasteiger charge is 1.95. The second-order valence-corrected chi connectivity index (χ2v) is 1.62. The highest BCUT2D eigenvalue weighted by Crippen LogP contribution is 1.85. The van der Waals surface area contributed by atoms with E-state index in [4.69, 9.17) is 5.21 Å². The van der Waals surface area contributed by atoms with E-state index in [2.05, 4.69) is 0 Å². The Kier molecular flexibility index (Phi) is 4.50. The van der Waals surface area contributed by atoms with Gasteiger partial charge in [-0.05, 0) is 6.42 Å². The lowest BCUT2D eigenvalue weighted by atomic mass is 10.2. The van der Waals surface area contributed by atoms with Gasteiger partial charge in [-0.25, -0.2) is 0 Å². The molecule has 0 aromatic heterocycles. The Morgan fingerprint density at radius 3 is 2.75 bits per heavy atom. The molecule has 0 aromatic carbocycles. The maximum absolute atomic E-state index is 10.4. The van der Waals surface area contributed by atoms with E-state index in [1.165, 1.54) is 0 Å². The predicted molar refractivity (Wildman–Crippen MR) is 29.7 cm³/mol. The molecule has 8 heavy (non-hydrogen) atoms. The fourth-order valence-electron chi connectivity index (χ4n) is 0.455. The zero-order chi connectivity index (χ0) is 6.41. The van der Waals surface area contributed by atoms with E-state index in [1.807, 2.05) is 6.92 Å². The lowest BCUT2D eigenvalue weighted by molar-refractivity contribution is -0.119. The van der Waals surface area contributed by atoms with Crippen LogP contribution in [0.5, 0.6) is 0 Å². The molecule has 0 amide bonds. The van der Waals surface area contributed by atoms with Crippen LogP contribution in [-0.4, -0.2) is 17.5 Å². The van der Waals surface area contributed by atoms with Gasteiger partial charge < -0.3 is 5.21 Å². The normalized spacial score (nSPS) is 9.25. The van der Waals surface area contributed by atoms with Crippen molar-refractivity contribution in [1.82, 2.24) is 5.48 Å². The Hall–Kier alpha value is -0.410. The zero-order valence-electron chi connectivity index (χ0n) is 4.98. The van der Waals surface area contributed by atoms with Crippen molar-refractivity contribution in [2.24, 2.45) is 0 Å². The first-order chi connectivity index (χ1) is 3.81. The molecule has 0 aromatic rings. The summed E-state index contributed by atoms with van der Waals surface area (Å²) in [5.41, 5.74) is 1.80. The van der Waals surface area contributed by atoms with Gasteiger partial charge in [-0.1, -0.05) is 6.92 Å². The lowest BCUT2D eigenvalue weighted by Gasteiger charge is -1.92. The molecule has 0 saturated carbocycles. The van der Waals surface area contributed by atoms with Gasteiger partial charge in [0.2, 0.25) is 0 Å². The van der Waals surface area contributed by atoms with Gasteiger partial charge in [0, 0.05) is 6.42 Å². The number of rotatable bonds is 4. The van der Waals surface area contributed by atoms with Crippen LogP contribution in [0.15, 0.2) is 0 Å². The number of nitrogens with one attached hydrogen (secondary N) is 1. The van der Waals surface area contributed by atoms with Gasteiger partial charge in [0.15, 0.2) is 0 Å². The summed E-state index contributed by atoms with van der Waals surface area (Å²) >= 11 is 0. The van der Waals surface area contributed by atoms with E-state index < -0.39 is 0 Å². The first-order valence-electron chi connectivity index (χ1n) is 2.70. The van der Waals surface area contributed by atoms with Gasteiger partial charge in [0.25, 0.3) is 0 Å². The van der Waals surface area contributed by atoms with Crippen molar-refractivity contribution < 1.29 is 10.0 Å². The highest BCUT2D eigenvalue weighted by atomic mass is 16.5. The quantitative estimate of drug-likeness (QED) is 0.522. The van der Waals surface area contributed by atoms with Gasteiger partial charge in [0.1, 0.15) is 5.78 Å². The topological polar surface area (TPSA) is 49.3 Å². The summed E-state index contributed by atoms with van der Waals surface area (Å²) in [4.78, 5) is 10.4. The molecular formula is C5H11NO2. The van der Waals surface area contributed by atoms with Crippen molar-refractivity contribution in [2.75, 3.05) is 6.54 Å². The van der Waals surface area contributed by atoms with E-state index in [-0.39, 0.29) is 12.3 Å². The fraction of sp³-hybridized carbons (Fsp3) is 0.800. The minimum Gasteiger partial charge on any atom is -0.316 e. The van der Waals surface area contributed by atoms with Crippen LogP contribution in [0.25, 0.3) is 0 Å². The fourth-order valence-corrected chi connectivity index (χ4v) is 0.455. The number of hydrogen-bond donors (Lipinski definition) is 2. The molecule has 0 radical (unpaired) electrons. The number of carbonyl (C=O) groups is 1. The van der Waals surface area contributed by atoms with Crippen LogP contribution >= 0.6 is 0 Å². The molecule has 0 bridgehead atoms. The molecule has 0 atom stereocenters. The Bertz CT molecular complexity index is 64.8. The first-order valence-corrected chi connectivity index (χ1v) is 2.70. The van der Waals surface area contributed by atoms with Crippen LogP contribution in [0.4, 0.5) is 0 Å². The van der Waals surface area contributed by atoms with Crippen molar-refractivity contribution in [3.63, 3.8) is 0 Å². The van der Waals surface area contributed by atoms with Crippen LogP contribution in [0.1, 0.15) is 19.8 Å². The SMILES string of the molecule is CCCC(=O)CNO. The molecule has 0 heterocycles. The van der Waals surface area contributed by atoms with Crippen molar-refractivity contribution in [1.29, 1.82) is 0 Å². The van der Waals surface area contributed by atoms with Crippen molar-refractivity contribution in [3.05, 3.63) is 0 Å². The molecule has 2 N–H and O–H groups in total. The van der Waals surface area contributed by atoms with Gasteiger partial charge >= 0.3 is 0 Å². The van der Waals surface area contributed by atoms with E-state index in [0.29, 0.717) is 6.42 Å². The van der Waals surface area contributed by atoms with Crippen LogP contribution < -0.4 is 5.48 Å². The summed E-state index contributed by atoms with van der Waals surface area (Å²) in [6, 6.07) is 0. The molecular weight excluding hydrogens is 106 g/mol. The monoisotopic (exact) mass is 117 g/mol. The summed E-state index contributed by atoms with van der Waals surface area (Å²) in [6.07, 6.45) is 1.40. The van der Waals surface area contributed by atoms with Gasteiger partial charge in [-0.3, -0.25) is 4.79 Å². The lowest BCUT2D eigenvalue weighted by Crippen LogP contribution is -2.18. The average Bonchev–Trinajstić information content (AvgIpc) is 1.68. The van der Waals surface area contributed by atoms with E-state index >= 15 is 0 Å². The number of Topliss-reactive ketones (excluding diaryl/α,β-unsaturated/α-hetero) is 1. The third-order valence-electron chi connectivity index (χ3n) is 0.805. The van der Waals surface area contributed by atoms with Crippen LogP contribution in [0.2, 0.25) is 0 Å². The number of ketones is 1. The minimum absolute atomic E-state index is 0.0509. The van der Waals surface area contributed by atoms with Gasteiger partial charge in [0.05, 0.1) is 6.54 Å². The zero-order valence-corrected chi connectivity index (χ0v) is 4.98. The summed E-state index contributed by atoms with van der Waals surface area (Å²) in [5.74, 6) is 0.0509. The molecule has 0 saturated heterocycles. The predicted octanol–water partition coefficient (Wildman–Crippen LogP) is 0.334. The van der Waals surface area contributed by atoms with Crippen LogP contribution in [0.3, 0.4) is 0 Å². The van der Waals surface area contributed by atoms with E-state index in [9.17, 15) is 4.79 Å². The maximum Gasteiger partial charge on any atom is 0.148 e. The van der Waals surface area contributed by atoms with Gasteiger partial charge in [-0.15, -0.1) is 0 Å². The Balaban J connectivity index is 3.06. The Morgan fingerprint density at radius 2 is 2.38 bits per heavy atom. The molecule has 0 unspecified atom stereocenters. The molecule has 0 aliphatic heterocycles. The third kappa shape index (κ3) is 3.77. The number of hydroxylamine groups is 1. The summed E-state index contributed by atoms with van der Waals surface area (Å²) in [5, 5.41) is 7.99. The molecule has 0 aliphatic carbocycles. The van der Waals surface area contributed by atoms with Crippen molar-refractivity contribution in [2.45, 2.75) is 19.8 Å². The maximum atomic E-state index is 10.4. The van der Waals surface area contributed by atoms with Gasteiger partial charge in [-0.2, -0.15) is 5.48 Å². The van der Waals surface area contributed by atoms with Crippen molar-refractivity contribution in [3.8, 4) is 0 Å². The standard InChI is InChI=1S/C5H11NO2/c1-2-3-5(7)4-6-8/h6,8H,2-4H2,1H3. The Morgan fingerprint density at radius 1 is 1.75 bits per heavy atom. The first kappa shape index (κ1) is 7.59. The smallest absolute Gasteiger partial charge is 0.148 e. The molecule has 0 fully saturated rings. The molecule has 0 spiro atoms.